The lowest BCUT2D eigenvalue weighted by Crippen LogP contribution is -2.47. The summed E-state index contributed by atoms with van der Waals surface area (Å²) < 4.78 is 15.0. The van der Waals surface area contributed by atoms with Crippen molar-refractivity contribution in [3.05, 3.63) is 47.4 Å². The Morgan fingerprint density at radius 3 is 3.04 bits per heavy atom. The maximum absolute atomic E-state index is 13.4. The van der Waals surface area contributed by atoms with Crippen LogP contribution >= 0.6 is 0 Å². The van der Waals surface area contributed by atoms with Gasteiger partial charge < -0.3 is 10.0 Å². The number of urea groups is 1. The molecule has 6 nitrogen and oxygen atoms in total. The summed E-state index contributed by atoms with van der Waals surface area (Å²) in [6.45, 7) is 2.83. The molecule has 3 rings (SSSR count). The summed E-state index contributed by atoms with van der Waals surface area (Å²) in [6.07, 6.45) is 4.44. The lowest BCUT2D eigenvalue weighted by Gasteiger charge is -2.34. The molecule has 0 aliphatic carbocycles. The number of likely N-dealkylation sites (tertiary alicyclic amines) is 1. The molecular weight excluding hydrogens is 323 g/mol. The Morgan fingerprint density at radius 2 is 2.28 bits per heavy atom. The summed E-state index contributed by atoms with van der Waals surface area (Å²) in [7, 11) is 0. The number of nitrogens with one attached hydrogen (secondary N) is 1. The highest BCUT2D eigenvalue weighted by atomic mass is 19.1. The fourth-order valence-electron chi connectivity index (χ4n) is 3.20. The lowest BCUT2D eigenvalue weighted by molar-refractivity contribution is 0.115. The van der Waals surface area contributed by atoms with Crippen LogP contribution in [0.5, 0.6) is 0 Å². The summed E-state index contributed by atoms with van der Waals surface area (Å²) in [4.78, 5) is 14.3. The minimum absolute atomic E-state index is 0.0328. The number of halogens is 1. The molecule has 1 aliphatic rings. The minimum atomic E-state index is -0.300. The summed E-state index contributed by atoms with van der Waals surface area (Å²) in [5.74, 6) is 0.294. The number of aryl methyl sites for hydroxylation is 1. The number of carbonyl (C=O) groups is 1. The zero-order valence-corrected chi connectivity index (χ0v) is 14.3. The second kappa shape index (κ2) is 7.65. The zero-order valence-electron chi connectivity index (χ0n) is 14.3. The van der Waals surface area contributed by atoms with Crippen LogP contribution in [0.15, 0.2) is 30.5 Å². The average Bonchev–Trinajstić information content (AvgIpc) is 2.95. The van der Waals surface area contributed by atoms with Gasteiger partial charge in [0, 0.05) is 12.1 Å². The monoisotopic (exact) mass is 346 g/mol. The van der Waals surface area contributed by atoms with E-state index in [1.807, 2.05) is 13.0 Å². The number of carbonyl (C=O) groups excluding carboxylic acids is 1. The van der Waals surface area contributed by atoms with Gasteiger partial charge in [-0.05, 0) is 43.9 Å². The molecule has 1 aliphatic heterocycles. The first-order valence-corrected chi connectivity index (χ1v) is 8.54. The van der Waals surface area contributed by atoms with Gasteiger partial charge in [0.25, 0.3) is 0 Å². The third-order valence-corrected chi connectivity index (χ3v) is 4.57. The molecule has 1 saturated heterocycles. The largest absolute Gasteiger partial charge is 0.394 e. The van der Waals surface area contributed by atoms with Gasteiger partial charge in [-0.3, -0.25) is 5.32 Å². The fraction of sp³-hybridized carbons (Fsp3) is 0.444. The van der Waals surface area contributed by atoms with Crippen molar-refractivity contribution in [2.75, 3.05) is 18.5 Å². The van der Waals surface area contributed by atoms with E-state index in [4.69, 9.17) is 0 Å². The first-order valence-electron chi connectivity index (χ1n) is 8.54. The Labute approximate surface area is 146 Å². The SMILES string of the molecule is Cc1cnn(Cc2cccc(F)c2)c1NC(=O)N1CCCC[C@H]1CO. The van der Waals surface area contributed by atoms with Crippen LogP contribution < -0.4 is 5.32 Å². The van der Waals surface area contributed by atoms with Gasteiger partial charge in [0.15, 0.2) is 0 Å². The van der Waals surface area contributed by atoms with Crippen molar-refractivity contribution in [1.82, 2.24) is 14.7 Å². The van der Waals surface area contributed by atoms with Crippen molar-refractivity contribution < 1.29 is 14.3 Å². The Hall–Kier alpha value is -2.41. The average molecular weight is 346 g/mol. The molecule has 1 aromatic carbocycles. The predicted molar refractivity (Wildman–Crippen MR) is 92.9 cm³/mol. The van der Waals surface area contributed by atoms with E-state index >= 15 is 0 Å². The third-order valence-electron chi connectivity index (χ3n) is 4.57. The molecule has 0 radical (unpaired) electrons. The normalized spacial score (nSPS) is 17.6. The first kappa shape index (κ1) is 17.4. The van der Waals surface area contributed by atoms with Crippen LogP contribution in [0.1, 0.15) is 30.4 Å². The second-order valence-electron chi connectivity index (χ2n) is 6.42. The number of rotatable bonds is 4. The molecule has 2 amide bonds. The van der Waals surface area contributed by atoms with Gasteiger partial charge in [-0.15, -0.1) is 0 Å². The number of aliphatic hydroxyl groups is 1. The van der Waals surface area contributed by atoms with Crippen molar-refractivity contribution in [2.45, 2.75) is 38.8 Å². The van der Waals surface area contributed by atoms with E-state index in [1.54, 1.807) is 21.8 Å². The molecular formula is C18H23FN4O2. The number of anilines is 1. The number of aliphatic hydroxyl groups excluding tert-OH is 1. The van der Waals surface area contributed by atoms with Crippen molar-refractivity contribution in [3.8, 4) is 0 Å². The van der Waals surface area contributed by atoms with Crippen LogP contribution in [0.2, 0.25) is 0 Å². The number of amides is 2. The quantitative estimate of drug-likeness (QED) is 0.894. The van der Waals surface area contributed by atoms with E-state index in [1.165, 1.54) is 12.1 Å². The maximum Gasteiger partial charge on any atom is 0.323 e. The van der Waals surface area contributed by atoms with Crippen molar-refractivity contribution in [3.63, 3.8) is 0 Å². The highest BCUT2D eigenvalue weighted by molar-refractivity contribution is 5.89. The summed E-state index contributed by atoms with van der Waals surface area (Å²) in [6, 6.07) is 5.94. The van der Waals surface area contributed by atoms with Gasteiger partial charge in [-0.1, -0.05) is 12.1 Å². The van der Waals surface area contributed by atoms with Crippen molar-refractivity contribution in [2.24, 2.45) is 0 Å². The van der Waals surface area contributed by atoms with Gasteiger partial charge in [0.1, 0.15) is 11.6 Å². The Morgan fingerprint density at radius 1 is 1.44 bits per heavy atom. The van der Waals surface area contributed by atoms with Crippen LogP contribution in [-0.2, 0) is 6.54 Å². The second-order valence-corrected chi connectivity index (χ2v) is 6.42. The molecule has 2 N–H and O–H groups in total. The van der Waals surface area contributed by atoms with Crippen molar-refractivity contribution >= 4 is 11.8 Å². The summed E-state index contributed by atoms with van der Waals surface area (Å²) in [5.41, 5.74) is 1.60. The Bertz CT molecular complexity index is 746. The Balaban J connectivity index is 1.76. The number of piperidine rings is 1. The molecule has 7 heteroatoms. The number of hydrogen-bond acceptors (Lipinski definition) is 3. The molecule has 2 heterocycles. The van der Waals surface area contributed by atoms with E-state index in [2.05, 4.69) is 10.4 Å². The van der Waals surface area contributed by atoms with E-state index in [0.717, 1.165) is 30.4 Å². The van der Waals surface area contributed by atoms with Crippen LogP contribution in [-0.4, -0.2) is 45.0 Å². The van der Waals surface area contributed by atoms with Gasteiger partial charge >= 0.3 is 6.03 Å². The Kier molecular flexibility index (Phi) is 5.33. The standard InChI is InChI=1S/C18H23FN4O2/c1-13-10-20-23(11-14-5-4-6-15(19)9-14)17(13)21-18(25)22-8-3-2-7-16(22)12-24/h4-6,9-10,16,24H,2-3,7-8,11-12H2,1H3,(H,21,25)/t16-/m0/s1. The molecule has 0 saturated carbocycles. The van der Waals surface area contributed by atoms with Gasteiger partial charge in [0.05, 0.1) is 25.4 Å². The third kappa shape index (κ3) is 3.99. The fourth-order valence-corrected chi connectivity index (χ4v) is 3.20. The molecule has 1 fully saturated rings. The van der Waals surface area contributed by atoms with Gasteiger partial charge in [-0.25, -0.2) is 13.9 Å². The maximum atomic E-state index is 13.4. The smallest absolute Gasteiger partial charge is 0.323 e. The number of nitrogens with zero attached hydrogens (tertiary/aromatic N) is 3. The van der Waals surface area contributed by atoms with Crippen molar-refractivity contribution in [1.29, 1.82) is 0 Å². The molecule has 134 valence electrons. The highest BCUT2D eigenvalue weighted by Gasteiger charge is 2.27. The van der Waals surface area contributed by atoms with E-state index in [0.29, 0.717) is 18.9 Å². The minimum Gasteiger partial charge on any atom is -0.394 e. The molecule has 0 unspecified atom stereocenters. The van der Waals surface area contributed by atoms with Gasteiger partial charge in [-0.2, -0.15) is 5.10 Å². The van der Waals surface area contributed by atoms with Crippen LogP contribution in [0, 0.1) is 12.7 Å². The summed E-state index contributed by atoms with van der Waals surface area (Å²) >= 11 is 0. The molecule has 25 heavy (non-hydrogen) atoms. The van der Waals surface area contributed by atoms with E-state index in [9.17, 15) is 14.3 Å². The summed E-state index contributed by atoms with van der Waals surface area (Å²) in [5, 5.41) is 16.7. The number of aromatic nitrogens is 2. The number of benzene rings is 1. The van der Waals surface area contributed by atoms with Gasteiger partial charge in [0.2, 0.25) is 0 Å². The molecule has 1 atom stereocenters. The predicted octanol–water partition coefficient (Wildman–Crippen LogP) is 2.76. The lowest BCUT2D eigenvalue weighted by atomic mass is 10.0. The van der Waals surface area contributed by atoms with Crippen LogP contribution in [0.25, 0.3) is 0 Å². The molecule has 0 spiro atoms. The number of hydrogen-bond donors (Lipinski definition) is 2. The van der Waals surface area contributed by atoms with E-state index in [-0.39, 0.29) is 24.5 Å². The van der Waals surface area contributed by atoms with E-state index < -0.39 is 0 Å². The van der Waals surface area contributed by atoms with Crippen LogP contribution in [0.4, 0.5) is 15.0 Å². The topological polar surface area (TPSA) is 70.4 Å². The molecule has 0 bridgehead atoms. The molecule has 1 aromatic heterocycles. The zero-order chi connectivity index (χ0) is 17.8. The molecule has 2 aromatic rings. The highest BCUT2D eigenvalue weighted by Crippen LogP contribution is 2.21. The first-order chi connectivity index (χ1) is 12.1. The van der Waals surface area contributed by atoms with Crippen LogP contribution in [0.3, 0.4) is 0 Å².